The van der Waals surface area contributed by atoms with Crippen molar-refractivity contribution in [1.29, 1.82) is 0 Å². The van der Waals surface area contributed by atoms with Crippen molar-refractivity contribution in [3.05, 3.63) is 35.6 Å². The summed E-state index contributed by atoms with van der Waals surface area (Å²) in [7, 11) is -3.34. The molecule has 4 nitrogen and oxygen atoms in total. The predicted molar refractivity (Wildman–Crippen MR) is 63.4 cm³/mol. The molecule has 1 heterocycles. The summed E-state index contributed by atoms with van der Waals surface area (Å²) >= 11 is 0. The van der Waals surface area contributed by atoms with Gasteiger partial charge < -0.3 is 5.32 Å². The molecule has 1 aliphatic heterocycles. The summed E-state index contributed by atoms with van der Waals surface area (Å²) in [5.74, 6) is -0.469. The van der Waals surface area contributed by atoms with Gasteiger partial charge in [0.05, 0.1) is 5.75 Å². The third kappa shape index (κ3) is 3.76. The Kier molecular flexibility index (Phi) is 3.76. The zero-order valence-corrected chi connectivity index (χ0v) is 10.1. The lowest BCUT2D eigenvalue weighted by atomic mass is 10.2. The van der Waals surface area contributed by atoms with E-state index >= 15 is 0 Å². The summed E-state index contributed by atoms with van der Waals surface area (Å²) in [6.45, 7) is 1.51. The van der Waals surface area contributed by atoms with Gasteiger partial charge in [-0.25, -0.2) is 17.5 Å². The van der Waals surface area contributed by atoms with Crippen LogP contribution in [-0.4, -0.2) is 27.5 Å². The Balaban J connectivity index is 1.98. The van der Waals surface area contributed by atoms with Crippen LogP contribution in [0.25, 0.3) is 0 Å². The summed E-state index contributed by atoms with van der Waals surface area (Å²) in [6.07, 6.45) is 0.808. The first kappa shape index (κ1) is 12.5. The van der Waals surface area contributed by atoms with Crippen molar-refractivity contribution >= 4 is 10.0 Å². The van der Waals surface area contributed by atoms with Crippen LogP contribution in [0.1, 0.15) is 12.0 Å². The first-order valence-corrected chi connectivity index (χ1v) is 7.15. The number of sulfonamides is 1. The molecule has 1 aromatic carbocycles. The molecule has 94 valence electrons. The van der Waals surface area contributed by atoms with Crippen LogP contribution in [-0.2, 0) is 15.8 Å². The predicted octanol–water partition coefficient (Wildman–Crippen LogP) is 0.607. The van der Waals surface area contributed by atoms with E-state index in [4.69, 9.17) is 0 Å². The highest BCUT2D eigenvalue weighted by Gasteiger charge is 2.21. The van der Waals surface area contributed by atoms with E-state index in [9.17, 15) is 12.8 Å². The molecule has 0 aliphatic carbocycles. The van der Waals surface area contributed by atoms with Crippen LogP contribution in [0, 0.1) is 5.82 Å². The quantitative estimate of drug-likeness (QED) is 0.832. The van der Waals surface area contributed by atoms with Crippen LogP contribution in [0.15, 0.2) is 24.3 Å². The Morgan fingerprint density at radius 3 is 2.65 bits per heavy atom. The van der Waals surface area contributed by atoms with E-state index in [0.717, 1.165) is 13.0 Å². The van der Waals surface area contributed by atoms with Gasteiger partial charge in [-0.1, -0.05) is 12.1 Å². The highest BCUT2D eigenvalue weighted by atomic mass is 32.2. The summed E-state index contributed by atoms with van der Waals surface area (Å²) in [5.41, 5.74) is 0.588. The van der Waals surface area contributed by atoms with Crippen molar-refractivity contribution < 1.29 is 12.8 Å². The lowest BCUT2D eigenvalue weighted by Crippen LogP contribution is -2.36. The van der Waals surface area contributed by atoms with Gasteiger partial charge in [0, 0.05) is 12.6 Å². The van der Waals surface area contributed by atoms with Gasteiger partial charge in [-0.3, -0.25) is 0 Å². The largest absolute Gasteiger partial charge is 0.315 e. The van der Waals surface area contributed by atoms with E-state index in [2.05, 4.69) is 10.0 Å². The molecule has 0 unspecified atom stereocenters. The molecule has 0 aromatic heterocycles. The normalized spacial score (nSPS) is 20.6. The molecule has 1 atom stereocenters. The molecular formula is C11H15FN2O2S. The molecule has 1 fully saturated rings. The van der Waals surface area contributed by atoms with E-state index in [1.165, 1.54) is 24.3 Å². The van der Waals surface area contributed by atoms with Crippen LogP contribution in [0.3, 0.4) is 0 Å². The van der Waals surface area contributed by atoms with Gasteiger partial charge >= 0.3 is 0 Å². The number of rotatable bonds is 4. The number of hydrogen-bond donors (Lipinski definition) is 2. The smallest absolute Gasteiger partial charge is 0.216 e. The number of nitrogens with one attached hydrogen (secondary N) is 2. The number of hydrogen-bond acceptors (Lipinski definition) is 3. The van der Waals surface area contributed by atoms with Gasteiger partial charge in [-0.15, -0.1) is 0 Å². The topological polar surface area (TPSA) is 58.2 Å². The number of benzene rings is 1. The van der Waals surface area contributed by atoms with E-state index in [1.54, 1.807) is 0 Å². The van der Waals surface area contributed by atoms with Crippen molar-refractivity contribution in [3.63, 3.8) is 0 Å². The van der Waals surface area contributed by atoms with E-state index < -0.39 is 10.0 Å². The van der Waals surface area contributed by atoms with Gasteiger partial charge in [0.15, 0.2) is 0 Å². The fourth-order valence-corrected chi connectivity index (χ4v) is 3.27. The zero-order valence-electron chi connectivity index (χ0n) is 9.32. The maximum atomic E-state index is 12.7. The Bertz CT molecular complexity index is 467. The molecule has 1 aromatic rings. The Hall–Kier alpha value is -0.980. The molecule has 6 heteroatoms. The first-order valence-electron chi connectivity index (χ1n) is 5.50. The molecule has 0 radical (unpaired) electrons. The molecule has 1 saturated heterocycles. The number of halogens is 1. The lowest BCUT2D eigenvalue weighted by molar-refractivity contribution is 0.559. The van der Waals surface area contributed by atoms with E-state index in [0.29, 0.717) is 12.1 Å². The van der Waals surface area contributed by atoms with Gasteiger partial charge in [0.25, 0.3) is 0 Å². The van der Waals surface area contributed by atoms with Crippen LogP contribution >= 0.6 is 0 Å². The minimum absolute atomic E-state index is 0.0274. The third-order valence-electron chi connectivity index (χ3n) is 2.68. The SMILES string of the molecule is O=S(=O)(Cc1ccc(F)cc1)N[C@@H]1CCNC1. The minimum Gasteiger partial charge on any atom is -0.315 e. The molecule has 1 aliphatic rings. The summed E-state index contributed by atoms with van der Waals surface area (Å²) in [6, 6.07) is 5.48. The van der Waals surface area contributed by atoms with Crippen LogP contribution in [0.5, 0.6) is 0 Å². The van der Waals surface area contributed by atoms with Crippen LogP contribution in [0.4, 0.5) is 4.39 Å². The maximum absolute atomic E-state index is 12.7. The average molecular weight is 258 g/mol. The van der Waals surface area contributed by atoms with Crippen LogP contribution < -0.4 is 10.0 Å². The standard InChI is InChI=1S/C11H15FN2O2S/c12-10-3-1-9(2-4-10)8-17(15,16)14-11-5-6-13-7-11/h1-4,11,13-14H,5-8H2/t11-/m1/s1. The van der Waals surface area contributed by atoms with Crippen molar-refractivity contribution in [2.75, 3.05) is 13.1 Å². The molecule has 2 rings (SSSR count). The first-order chi connectivity index (χ1) is 8.05. The third-order valence-corrected chi connectivity index (χ3v) is 4.08. The van der Waals surface area contributed by atoms with Gasteiger partial charge in [0.1, 0.15) is 5.82 Å². The molecule has 0 amide bonds. The Morgan fingerprint density at radius 2 is 2.06 bits per heavy atom. The second kappa shape index (κ2) is 5.12. The summed E-state index contributed by atoms with van der Waals surface area (Å²) in [5, 5.41) is 3.09. The van der Waals surface area contributed by atoms with Gasteiger partial charge in [-0.05, 0) is 30.7 Å². The van der Waals surface area contributed by atoms with Crippen molar-refractivity contribution in [3.8, 4) is 0 Å². The van der Waals surface area contributed by atoms with E-state index in [-0.39, 0.29) is 17.6 Å². The molecule has 0 spiro atoms. The zero-order chi connectivity index (χ0) is 12.3. The second-order valence-corrected chi connectivity index (χ2v) is 5.95. The molecule has 2 N–H and O–H groups in total. The van der Waals surface area contributed by atoms with Crippen molar-refractivity contribution in [2.24, 2.45) is 0 Å². The summed E-state index contributed by atoms with van der Waals surface area (Å²) in [4.78, 5) is 0. The van der Waals surface area contributed by atoms with Crippen molar-refractivity contribution in [1.82, 2.24) is 10.0 Å². The highest BCUT2D eigenvalue weighted by molar-refractivity contribution is 7.88. The van der Waals surface area contributed by atoms with E-state index in [1.807, 2.05) is 0 Å². The molecular weight excluding hydrogens is 243 g/mol. The van der Waals surface area contributed by atoms with Gasteiger partial charge in [0.2, 0.25) is 10.0 Å². The Labute approximate surface area is 100 Å². The Morgan fingerprint density at radius 1 is 1.35 bits per heavy atom. The second-order valence-electron chi connectivity index (χ2n) is 4.19. The fraction of sp³-hybridized carbons (Fsp3) is 0.455. The highest BCUT2D eigenvalue weighted by Crippen LogP contribution is 2.08. The molecule has 0 bridgehead atoms. The molecule has 17 heavy (non-hydrogen) atoms. The van der Waals surface area contributed by atoms with Crippen molar-refractivity contribution in [2.45, 2.75) is 18.2 Å². The average Bonchev–Trinajstić information content (AvgIpc) is 2.73. The lowest BCUT2D eigenvalue weighted by Gasteiger charge is -2.11. The molecule has 0 saturated carbocycles. The monoisotopic (exact) mass is 258 g/mol. The maximum Gasteiger partial charge on any atom is 0.216 e. The van der Waals surface area contributed by atoms with Gasteiger partial charge in [-0.2, -0.15) is 0 Å². The fourth-order valence-electron chi connectivity index (χ4n) is 1.85. The summed E-state index contributed by atoms with van der Waals surface area (Å²) < 4.78 is 38.9. The minimum atomic E-state index is -3.34. The van der Waals surface area contributed by atoms with Crippen LogP contribution in [0.2, 0.25) is 0 Å².